The van der Waals surface area contributed by atoms with E-state index in [1.807, 2.05) is 11.0 Å². The predicted octanol–water partition coefficient (Wildman–Crippen LogP) is 0.497. The number of hydrogen-bond acceptors (Lipinski definition) is 5. The van der Waals surface area contributed by atoms with Crippen LogP contribution >= 0.6 is 0 Å². The summed E-state index contributed by atoms with van der Waals surface area (Å²) in [7, 11) is 0. The van der Waals surface area contributed by atoms with Gasteiger partial charge in [-0.05, 0) is 18.9 Å². The van der Waals surface area contributed by atoms with Crippen molar-refractivity contribution in [2.45, 2.75) is 18.9 Å². The van der Waals surface area contributed by atoms with Crippen LogP contribution in [-0.2, 0) is 0 Å². The van der Waals surface area contributed by atoms with Crippen LogP contribution in [0.1, 0.15) is 18.4 Å². The minimum Gasteiger partial charge on any atom is -0.396 e. The number of aromatic nitrogens is 1. The van der Waals surface area contributed by atoms with Gasteiger partial charge in [0, 0.05) is 18.8 Å². The number of anilines is 2. The predicted molar refractivity (Wildman–Crippen MR) is 60.8 cm³/mol. The van der Waals surface area contributed by atoms with Crippen LogP contribution in [0.25, 0.3) is 0 Å². The maximum atomic E-state index is 9.00. The molecule has 1 aromatic rings. The summed E-state index contributed by atoms with van der Waals surface area (Å²) in [5, 5.41) is 17.7. The summed E-state index contributed by atoms with van der Waals surface area (Å²) in [6.07, 6.45) is 3.74. The van der Waals surface area contributed by atoms with Gasteiger partial charge in [-0.1, -0.05) is 0 Å². The summed E-state index contributed by atoms with van der Waals surface area (Å²) in [6.45, 7) is 0.616. The van der Waals surface area contributed by atoms with E-state index >= 15 is 0 Å². The quantitative estimate of drug-likeness (QED) is 0.768. The van der Waals surface area contributed by atoms with Gasteiger partial charge in [0.25, 0.3) is 0 Å². The lowest BCUT2D eigenvalue weighted by molar-refractivity contribution is 0.301. The van der Waals surface area contributed by atoms with Crippen LogP contribution in [0.4, 0.5) is 11.5 Å². The molecule has 1 heterocycles. The first-order valence-corrected chi connectivity index (χ1v) is 5.29. The molecular weight excluding hydrogens is 204 g/mol. The molecule has 0 bridgehead atoms. The van der Waals surface area contributed by atoms with Gasteiger partial charge in [-0.2, -0.15) is 5.26 Å². The zero-order valence-corrected chi connectivity index (χ0v) is 8.93. The monoisotopic (exact) mass is 218 g/mol. The van der Waals surface area contributed by atoms with Gasteiger partial charge in [-0.25, -0.2) is 4.98 Å². The van der Waals surface area contributed by atoms with Crippen molar-refractivity contribution in [2.75, 3.05) is 23.8 Å². The van der Waals surface area contributed by atoms with Gasteiger partial charge in [0.2, 0.25) is 0 Å². The van der Waals surface area contributed by atoms with E-state index in [4.69, 9.17) is 16.1 Å². The molecule has 5 nitrogen and oxygen atoms in total. The average molecular weight is 218 g/mol. The second-order valence-corrected chi connectivity index (χ2v) is 3.90. The summed E-state index contributed by atoms with van der Waals surface area (Å²) in [5.74, 6) is 0.676. The first-order chi connectivity index (χ1) is 7.76. The van der Waals surface area contributed by atoms with Crippen LogP contribution in [0.5, 0.6) is 0 Å². The van der Waals surface area contributed by atoms with Crippen LogP contribution in [-0.4, -0.2) is 29.3 Å². The van der Waals surface area contributed by atoms with Crippen LogP contribution in [0.2, 0.25) is 0 Å². The van der Waals surface area contributed by atoms with E-state index in [0.717, 1.165) is 12.8 Å². The molecule has 1 saturated carbocycles. The molecule has 2 rings (SSSR count). The molecule has 5 heteroatoms. The average Bonchev–Trinajstić information content (AvgIpc) is 3.10. The topological polar surface area (TPSA) is 86.2 Å². The number of nitrogen functional groups attached to an aromatic ring is 1. The Morgan fingerprint density at radius 2 is 2.38 bits per heavy atom. The molecule has 0 aliphatic heterocycles. The zero-order chi connectivity index (χ0) is 11.5. The van der Waals surface area contributed by atoms with Gasteiger partial charge < -0.3 is 15.7 Å². The molecule has 1 aliphatic carbocycles. The molecule has 0 saturated heterocycles. The van der Waals surface area contributed by atoms with Gasteiger partial charge >= 0.3 is 0 Å². The molecule has 1 aromatic heterocycles. The third-order valence-corrected chi connectivity index (χ3v) is 2.62. The molecule has 0 atom stereocenters. The zero-order valence-electron chi connectivity index (χ0n) is 8.93. The molecule has 16 heavy (non-hydrogen) atoms. The van der Waals surface area contributed by atoms with E-state index in [2.05, 4.69) is 4.98 Å². The molecule has 3 N–H and O–H groups in total. The van der Waals surface area contributed by atoms with E-state index in [9.17, 15) is 0 Å². The van der Waals surface area contributed by atoms with Gasteiger partial charge in [0.05, 0.1) is 17.9 Å². The highest BCUT2D eigenvalue weighted by molar-refractivity contribution is 5.65. The minimum absolute atomic E-state index is 0.0810. The Kier molecular flexibility index (Phi) is 2.93. The molecule has 84 valence electrons. The second kappa shape index (κ2) is 4.37. The Hall–Kier alpha value is -1.80. The Morgan fingerprint density at radius 1 is 1.62 bits per heavy atom. The molecule has 1 fully saturated rings. The fraction of sp³-hybridized carbons (Fsp3) is 0.455. The number of rotatable bonds is 4. The van der Waals surface area contributed by atoms with E-state index in [0.29, 0.717) is 29.7 Å². The van der Waals surface area contributed by atoms with Crippen molar-refractivity contribution in [3.8, 4) is 6.07 Å². The molecule has 1 aliphatic rings. The van der Waals surface area contributed by atoms with E-state index in [-0.39, 0.29) is 6.61 Å². The second-order valence-electron chi connectivity index (χ2n) is 3.90. The first-order valence-electron chi connectivity index (χ1n) is 5.29. The summed E-state index contributed by atoms with van der Waals surface area (Å²) < 4.78 is 0. The Balaban J connectivity index is 2.27. The number of nitriles is 1. The van der Waals surface area contributed by atoms with Gasteiger partial charge in [-0.3, -0.25) is 0 Å². The number of nitrogens with zero attached hydrogens (tertiary/aromatic N) is 3. The highest BCUT2D eigenvalue weighted by Crippen LogP contribution is 2.33. The van der Waals surface area contributed by atoms with Crippen LogP contribution in [0.15, 0.2) is 12.3 Å². The maximum absolute atomic E-state index is 9.00. The highest BCUT2D eigenvalue weighted by atomic mass is 16.3. The molecule has 0 aromatic carbocycles. The standard InChI is InChI=1S/C11H14N4O/c12-6-8-5-10(13)11(14-7-8)15(3-4-16)9-1-2-9/h5,7,9,16H,1-4,13H2. The Labute approximate surface area is 94.1 Å². The number of pyridine rings is 1. The smallest absolute Gasteiger partial charge is 0.152 e. The van der Waals surface area contributed by atoms with Crippen molar-refractivity contribution >= 4 is 11.5 Å². The third-order valence-electron chi connectivity index (χ3n) is 2.62. The lowest BCUT2D eigenvalue weighted by Crippen LogP contribution is -2.30. The van der Waals surface area contributed by atoms with Crippen molar-refractivity contribution in [1.29, 1.82) is 5.26 Å². The SMILES string of the molecule is N#Cc1cnc(N(CCO)C2CC2)c(N)c1. The van der Waals surface area contributed by atoms with Gasteiger partial charge in [0.1, 0.15) is 6.07 Å². The fourth-order valence-electron chi connectivity index (χ4n) is 1.73. The van der Waals surface area contributed by atoms with Crippen LogP contribution in [0.3, 0.4) is 0 Å². The Bertz CT molecular complexity index is 422. The lowest BCUT2D eigenvalue weighted by Gasteiger charge is -2.23. The van der Waals surface area contributed by atoms with Gasteiger partial charge in [0.15, 0.2) is 5.82 Å². The van der Waals surface area contributed by atoms with Crippen molar-refractivity contribution in [3.05, 3.63) is 17.8 Å². The van der Waals surface area contributed by atoms with E-state index < -0.39 is 0 Å². The van der Waals surface area contributed by atoms with Crippen molar-refractivity contribution < 1.29 is 5.11 Å². The third kappa shape index (κ3) is 2.07. The lowest BCUT2D eigenvalue weighted by atomic mass is 10.2. The Morgan fingerprint density at radius 3 is 2.88 bits per heavy atom. The molecular formula is C11H14N4O. The van der Waals surface area contributed by atoms with Crippen molar-refractivity contribution in [1.82, 2.24) is 4.98 Å². The number of nitrogens with two attached hydrogens (primary N) is 1. The summed E-state index contributed by atoms with van der Waals surface area (Å²) >= 11 is 0. The maximum Gasteiger partial charge on any atom is 0.152 e. The van der Waals surface area contributed by atoms with Crippen LogP contribution < -0.4 is 10.6 Å². The van der Waals surface area contributed by atoms with Crippen molar-refractivity contribution in [3.63, 3.8) is 0 Å². The summed E-state index contributed by atoms with van der Waals surface area (Å²) in [5.41, 5.74) is 6.82. The number of aliphatic hydroxyl groups excluding tert-OH is 1. The van der Waals surface area contributed by atoms with E-state index in [1.165, 1.54) is 6.20 Å². The molecule has 0 spiro atoms. The summed E-state index contributed by atoms with van der Waals surface area (Å²) in [4.78, 5) is 6.21. The highest BCUT2D eigenvalue weighted by Gasteiger charge is 2.30. The minimum atomic E-state index is 0.0810. The van der Waals surface area contributed by atoms with Crippen molar-refractivity contribution in [2.24, 2.45) is 0 Å². The fourth-order valence-corrected chi connectivity index (χ4v) is 1.73. The molecule has 0 amide bonds. The normalized spacial score (nSPS) is 14.5. The van der Waals surface area contributed by atoms with E-state index in [1.54, 1.807) is 6.07 Å². The largest absolute Gasteiger partial charge is 0.396 e. The first kappa shape index (κ1) is 10.7. The molecule has 0 unspecified atom stereocenters. The summed E-state index contributed by atoms with van der Waals surface area (Å²) in [6, 6.07) is 4.06. The van der Waals surface area contributed by atoms with Gasteiger partial charge in [-0.15, -0.1) is 0 Å². The molecule has 0 radical (unpaired) electrons. The number of aliphatic hydroxyl groups is 1. The van der Waals surface area contributed by atoms with Crippen LogP contribution in [0, 0.1) is 11.3 Å². The number of hydrogen-bond donors (Lipinski definition) is 2.